The summed E-state index contributed by atoms with van der Waals surface area (Å²) in [7, 11) is 0. The standard InChI is InChI=1S/C22H18N6O4S2/c29-19(23-25-21(30)16-8-4-9-17(12-16)28(31)32)14-34-22-26-24-20(18-10-5-11-33-18)27(22)13-15-6-2-1-3-7-15/h1-12H,13-14H2,(H,23,29)(H,25,30). The smallest absolute Gasteiger partial charge is 0.270 e. The molecule has 0 aliphatic rings. The minimum Gasteiger partial charge on any atom is -0.297 e. The number of thioether (sulfide) groups is 1. The van der Waals surface area contributed by atoms with Crippen LogP contribution in [0.4, 0.5) is 5.69 Å². The highest BCUT2D eigenvalue weighted by Crippen LogP contribution is 2.28. The fraction of sp³-hybridized carbons (Fsp3) is 0.0909. The molecule has 2 aromatic carbocycles. The third-order valence-corrected chi connectivity index (χ3v) is 6.44. The SMILES string of the molecule is O=C(CSc1nnc(-c2cccs2)n1Cc1ccccc1)NNC(=O)c1cccc([N+](=O)[O-])c1. The number of carbonyl (C=O) groups is 2. The maximum atomic E-state index is 12.3. The second kappa shape index (κ2) is 10.7. The van der Waals surface area contributed by atoms with Crippen LogP contribution in [0.15, 0.2) is 77.3 Å². The first kappa shape index (κ1) is 23.1. The van der Waals surface area contributed by atoms with E-state index in [2.05, 4.69) is 21.0 Å². The topological polar surface area (TPSA) is 132 Å². The highest BCUT2D eigenvalue weighted by Gasteiger charge is 2.17. The molecule has 2 heterocycles. The van der Waals surface area contributed by atoms with Gasteiger partial charge in [0.15, 0.2) is 11.0 Å². The molecule has 4 rings (SSSR count). The molecule has 0 radical (unpaired) electrons. The van der Waals surface area contributed by atoms with Gasteiger partial charge < -0.3 is 0 Å². The van der Waals surface area contributed by atoms with Crippen molar-refractivity contribution in [1.29, 1.82) is 0 Å². The van der Waals surface area contributed by atoms with E-state index in [-0.39, 0.29) is 17.0 Å². The third kappa shape index (κ3) is 5.66. The van der Waals surface area contributed by atoms with Crippen molar-refractivity contribution in [3.8, 4) is 10.7 Å². The summed E-state index contributed by atoms with van der Waals surface area (Å²) in [5, 5.41) is 22.0. The number of benzene rings is 2. The number of carbonyl (C=O) groups excluding carboxylic acids is 2. The number of nitrogens with one attached hydrogen (secondary N) is 2. The number of nitro benzene ring substituents is 1. The minimum absolute atomic E-state index is 0.0212. The molecule has 10 nitrogen and oxygen atoms in total. The van der Waals surface area contributed by atoms with Crippen LogP contribution >= 0.6 is 23.1 Å². The van der Waals surface area contributed by atoms with Gasteiger partial charge >= 0.3 is 0 Å². The van der Waals surface area contributed by atoms with Gasteiger partial charge in [-0.1, -0.05) is 54.2 Å². The highest BCUT2D eigenvalue weighted by molar-refractivity contribution is 7.99. The number of aromatic nitrogens is 3. The Kier molecular flexibility index (Phi) is 7.30. The number of hydrogen-bond donors (Lipinski definition) is 2. The summed E-state index contributed by atoms with van der Waals surface area (Å²) in [5.74, 6) is -0.433. The maximum absolute atomic E-state index is 12.3. The molecule has 4 aromatic rings. The number of amides is 2. The molecule has 2 aromatic heterocycles. The number of hydrazine groups is 1. The molecule has 0 saturated carbocycles. The summed E-state index contributed by atoms with van der Waals surface area (Å²) < 4.78 is 1.95. The van der Waals surface area contributed by atoms with Crippen LogP contribution in [0, 0.1) is 10.1 Å². The van der Waals surface area contributed by atoms with Gasteiger partial charge in [-0.15, -0.1) is 21.5 Å². The van der Waals surface area contributed by atoms with Crippen LogP contribution < -0.4 is 10.9 Å². The van der Waals surface area contributed by atoms with Gasteiger partial charge in [-0.25, -0.2) is 0 Å². The molecule has 0 bridgehead atoms. The fourth-order valence-corrected chi connectivity index (χ4v) is 4.47. The van der Waals surface area contributed by atoms with E-state index in [1.54, 1.807) is 11.3 Å². The van der Waals surface area contributed by atoms with Crippen LogP contribution in [0.3, 0.4) is 0 Å². The quantitative estimate of drug-likeness (QED) is 0.218. The lowest BCUT2D eigenvalue weighted by molar-refractivity contribution is -0.384. The van der Waals surface area contributed by atoms with Crippen LogP contribution in [0.25, 0.3) is 10.7 Å². The van der Waals surface area contributed by atoms with E-state index in [0.717, 1.165) is 16.5 Å². The average molecular weight is 495 g/mol. The van der Waals surface area contributed by atoms with Crippen LogP contribution in [-0.4, -0.2) is 37.3 Å². The monoisotopic (exact) mass is 494 g/mol. The number of thiophene rings is 1. The third-order valence-electron chi connectivity index (χ3n) is 4.61. The normalized spacial score (nSPS) is 10.6. The summed E-state index contributed by atoms with van der Waals surface area (Å²) in [4.78, 5) is 35.8. The van der Waals surface area contributed by atoms with E-state index < -0.39 is 16.7 Å². The Labute approximate surface area is 202 Å². The number of nitrogens with zero attached hydrogens (tertiary/aromatic N) is 4. The Hall–Kier alpha value is -4.03. The Balaban J connectivity index is 1.40. The van der Waals surface area contributed by atoms with E-state index in [4.69, 9.17) is 0 Å². The molecule has 0 aliphatic heterocycles. The lowest BCUT2D eigenvalue weighted by atomic mass is 10.2. The van der Waals surface area contributed by atoms with Crippen molar-refractivity contribution in [3.05, 3.63) is 93.4 Å². The number of rotatable bonds is 8. The van der Waals surface area contributed by atoms with Gasteiger partial charge in [0.25, 0.3) is 11.6 Å². The van der Waals surface area contributed by atoms with Crippen molar-refractivity contribution >= 4 is 40.6 Å². The zero-order valence-corrected chi connectivity index (χ0v) is 19.2. The molecule has 12 heteroatoms. The van der Waals surface area contributed by atoms with Gasteiger partial charge in [-0.2, -0.15) is 0 Å². The van der Waals surface area contributed by atoms with Gasteiger partial charge in [-0.3, -0.25) is 35.1 Å². The van der Waals surface area contributed by atoms with Crippen molar-refractivity contribution in [1.82, 2.24) is 25.6 Å². The molecular formula is C22H18N6O4S2. The van der Waals surface area contributed by atoms with Gasteiger partial charge in [-0.05, 0) is 23.1 Å². The molecule has 34 heavy (non-hydrogen) atoms. The van der Waals surface area contributed by atoms with E-state index in [0.29, 0.717) is 17.5 Å². The average Bonchev–Trinajstić information content (AvgIpc) is 3.52. The Morgan fingerprint density at radius 1 is 1.03 bits per heavy atom. The second-order valence-electron chi connectivity index (χ2n) is 6.95. The fourth-order valence-electron chi connectivity index (χ4n) is 3.02. The zero-order chi connectivity index (χ0) is 23.9. The van der Waals surface area contributed by atoms with E-state index >= 15 is 0 Å². The second-order valence-corrected chi connectivity index (χ2v) is 8.84. The molecule has 0 atom stereocenters. The summed E-state index contributed by atoms with van der Waals surface area (Å²) in [6, 6.07) is 19.0. The van der Waals surface area contributed by atoms with Crippen LogP contribution in [0.5, 0.6) is 0 Å². The first-order valence-electron chi connectivity index (χ1n) is 9.98. The highest BCUT2D eigenvalue weighted by atomic mass is 32.2. The predicted molar refractivity (Wildman–Crippen MR) is 128 cm³/mol. The number of nitro groups is 1. The predicted octanol–water partition coefficient (Wildman–Crippen LogP) is 3.52. The van der Waals surface area contributed by atoms with Crippen molar-refractivity contribution in [2.45, 2.75) is 11.7 Å². The molecule has 0 aliphatic carbocycles. The van der Waals surface area contributed by atoms with Crippen molar-refractivity contribution in [2.24, 2.45) is 0 Å². The van der Waals surface area contributed by atoms with Crippen LogP contribution in [0.1, 0.15) is 15.9 Å². The van der Waals surface area contributed by atoms with E-state index in [9.17, 15) is 19.7 Å². The maximum Gasteiger partial charge on any atom is 0.270 e. The first-order valence-corrected chi connectivity index (χ1v) is 11.9. The summed E-state index contributed by atoms with van der Waals surface area (Å²) in [6.45, 7) is 0.536. The molecular weight excluding hydrogens is 476 g/mol. The lowest BCUT2D eigenvalue weighted by Gasteiger charge is -2.10. The van der Waals surface area contributed by atoms with Crippen molar-refractivity contribution < 1.29 is 14.5 Å². The zero-order valence-electron chi connectivity index (χ0n) is 17.6. The largest absolute Gasteiger partial charge is 0.297 e. The molecule has 2 N–H and O–H groups in total. The number of hydrogen-bond acceptors (Lipinski definition) is 8. The molecule has 0 unspecified atom stereocenters. The van der Waals surface area contributed by atoms with Gasteiger partial charge in [0.05, 0.1) is 22.1 Å². The minimum atomic E-state index is -0.658. The Bertz CT molecular complexity index is 1310. The summed E-state index contributed by atoms with van der Waals surface area (Å²) in [6.07, 6.45) is 0. The van der Waals surface area contributed by atoms with Gasteiger partial charge in [0.1, 0.15) is 0 Å². The Morgan fingerprint density at radius 3 is 2.59 bits per heavy atom. The Morgan fingerprint density at radius 2 is 1.85 bits per heavy atom. The molecule has 0 fully saturated rings. The van der Waals surface area contributed by atoms with Crippen molar-refractivity contribution in [2.75, 3.05) is 5.75 Å². The number of non-ortho nitro benzene ring substituents is 1. The van der Waals surface area contributed by atoms with E-state index in [1.807, 2.05) is 52.4 Å². The van der Waals surface area contributed by atoms with E-state index in [1.165, 1.54) is 30.0 Å². The molecule has 172 valence electrons. The van der Waals surface area contributed by atoms with Crippen LogP contribution in [0.2, 0.25) is 0 Å². The molecule has 0 spiro atoms. The summed E-state index contributed by atoms with van der Waals surface area (Å²) >= 11 is 2.74. The molecule has 2 amide bonds. The summed E-state index contributed by atoms with van der Waals surface area (Å²) in [5.41, 5.74) is 5.50. The first-order chi connectivity index (χ1) is 16.5. The lowest BCUT2D eigenvalue weighted by Crippen LogP contribution is -2.42. The van der Waals surface area contributed by atoms with Gasteiger partial charge in [0, 0.05) is 17.7 Å². The van der Waals surface area contributed by atoms with Crippen molar-refractivity contribution in [3.63, 3.8) is 0 Å². The van der Waals surface area contributed by atoms with Crippen LogP contribution in [-0.2, 0) is 11.3 Å². The van der Waals surface area contributed by atoms with Gasteiger partial charge in [0.2, 0.25) is 5.91 Å². The molecule has 0 saturated heterocycles.